The van der Waals surface area contributed by atoms with Crippen LogP contribution in [0, 0.1) is 0 Å². The summed E-state index contributed by atoms with van der Waals surface area (Å²) in [7, 11) is 0. The number of thiazole rings is 1. The van der Waals surface area contributed by atoms with E-state index < -0.39 is 0 Å². The van der Waals surface area contributed by atoms with Gasteiger partial charge in [-0.15, -0.1) is 11.3 Å². The Morgan fingerprint density at radius 3 is 2.82 bits per heavy atom. The zero-order valence-corrected chi connectivity index (χ0v) is 12.1. The number of rotatable bonds is 3. The van der Waals surface area contributed by atoms with Crippen LogP contribution in [0.5, 0.6) is 0 Å². The van der Waals surface area contributed by atoms with Gasteiger partial charge in [0.25, 0.3) is 0 Å². The van der Waals surface area contributed by atoms with E-state index in [1.165, 1.54) is 0 Å². The summed E-state index contributed by atoms with van der Waals surface area (Å²) in [4.78, 5) is 4.34. The summed E-state index contributed by atoms with van der Waals surface area (Å²) in [5.74, 6) is 0. The highest BCUT2D eigenvalue weighted by Gasteiger charge is 2.23. The molecule has 0 atom stereocenters. The summed E-state index contributed by atoms with van der Waals surface area (Å²) >= 11 is 5.08. The van der Waals surface area contributed by atoms with Crippen LogP contribution in [-0.2, 0) is 5.54 Å². The molecule has 0 unspecified atom stereocenters. The van der Waals surface area contributed by atoms with Crippen LogP contribution < -0.4 is 11.1 Å². The van der Waals surface area contributed by atoms with Gasteiger partial charge < -0.3 is 11.1 Å². The van der Waals surface area contributed by atoms with Crippen molar-refractivity contribution < 1.29 is 0 Å². The second-order valence-electron chi connectivity index (χ2n) is 4.32. The molecule has 5 heteroatoms. The van der Waals surface area contributed by atoms with Crippen molar-refractivity contribution in [1.82, 2.24) is 4.98 Å². The van der Waals surface area contributed by atoms with Crippen molar-refractivity contribution in [2.45, 2.75) is 19.4 Å². The Morgan fingerprint density at radius 1 is 1.41 bits per heavy atom. The number of hydrogen-bond donors (Lipinski definition) is 2. The maximum atomic E-state index is 5.95. The SMILES string of the molecule is CC(C)(Nc1cc(Br)ccc1N)c1nccs1. The van der Waals surface area contributed by atoms with Crippen LogP contribution in [0.25, 0.3) is 0 Å². The third-order valence-corrected chi connectivity index (χ3v) is 4.02. The van der Waals surface area contributed by atoms with Crippen molar-refractivity contribution in [3.63, 3.8) is 0 Å². The van der Waals surface area contributed by atoms with Crippen LogP contribution in [0.1, 0.15) is 18.9 Å². The molecule has 1 aromatic carbocycles. The highest BCUT2D eigenvalue weighted by Crippen LogP contribution is 2.31. The van der Waals surface area contributed by atoms with Crippen LogP contribution in [-0.4, -0.2) is 4.98 Å². The molecule has 0 saturated heterocycles. The molecule has 0 aliphatic heterocycles. The predicted molar refractivity (Wildman–Crippen MR) is 77.3 cm³/mol. The lowest BCUT2D eigenvalue weighted by Crippen LogP contribution is -2.28. The molecular formula is C12H14BrN3S. The molecule has 1 heterocycles. The molecular weight excluding hydrogens is 298 g/mol. The summed E-state index contributed by atoms with van der Waals surface area (Å²) in [6, 6.07) is 5.78. The highest BCUT2D eigenvalue weighted by molar-refractivity contribution is 9.10. The lowest BCUT2D eigenvalue weighted by molar-refractivity contribution is 0.604. The van der Waals surface area contributed by atoms with Gasteiger partial charge in [0.2, 0.25) is 0 Å². The van der Waals surface area contributed by atoms with E-state index in [2.05, 4.69) is 40.1 Å². The van der Waals surface area contributed by atoms with E-state index in [0.29, 0.717) is 0 Å². The second kappa shape index (κ2) is 4.66. The van der Waals surface area contributed by atoms with Gasteiger partial charge >= 0.3 is 0 Å². The van der Waals surface area contributed by atoms with E-state index in [1.807, 2.05) is 29.8 Å². The molecule has 90 valence electrons. The van der Waals surface area contributed by atoms with Gasteiger partial charge in [0.05, 0.1) is 16.9 Å². The number of aromatic nitrogens is 1. The summed E-state index contributed by atoms with van der Waals surface area (Å²) < 4.78 is 1.00. The summed E-state index contributed by atoms with van der Waals surface area (Å²) in [5, 5.41) is 6.44. The Morgan fingerprint density at radius 2 is 2.18 bits per heavy atom. The van der Waals surface area contributed by atoms with E-state index in [0.717, 1.165) is 20.9 Å². The fraction of sp³-hybridized carbons (Fsp3) is 0.250. The Hall–Kier alpha value is -1.07. The quantitative estimate of drug-likeness (QED) is 0.847. The van der Waals surface area contributed by atoms with Crippen LogP contribution in [0.4, 0.5) is 11.4 Å². The normalized spacial score (nSPS) is 11.5. The van der Waals surface area contributed by atoms with Crippen LogP contribution >= 0.6 is 27.3 Å². The Kier molecular flexibility index (Phi) is 3.40. The first-order valence-electron chi connectivity index (χ1n) is 5.22. The maximum Gasteiger partial charge on any atom is 0.117 e. The molecule has 0 aliphatic rings. The van der Waals surface area contributed by atoms with Gasteiger partial charge in [-0.1, -0.05) is 15.9 Å². The van der Waals surface area contributed by atoms with Crippen molar-refractivity contribution in [3.05, 3.63) is 39.3 Å². The molecule has 3 N–H and O–H groups in total. The molecule has 0 saturated carbocycles. The molecule has 1 aromatic heterocycles. The van der Waals surface area contributed by atoms with E-state index >= 15 is 0 Å². The smallest absolute Gasteiger partial charge is 0.117 e. The van der Waals surface area contributed by atoms with Gasteiger partial charge in [0, 0.05) is 16.0 Å². The molecule has 0 spiro atoms. The lowest BCUT2D eigenvalue weighted by Gasteiger charge is -2.26. The van der Waals surface area contributed by atoms with Gasteiger partial charge in [-0.05, 0) is 32.0 Å². The minimum absolute atomic E-state index is 0.233. The van der Waals surface area contributed by atoms with E-state index in [4.69, 9.17) is 5.73 Å². The molecule has 3 nitrogen and oxygen atoms in total. The monoisotopic (exact) mass is 311 g/mol. The van der Waals surface area contributed by atoms with Gasteiger partial charge in [0.15, 0.2) is 0 Å². The number of hydrogen-bond acceptors (Lipinski definition) is 4. The number of nitrogens with zero attached hydrogens (tertiary/aromatic N) is 1. The first-order chi connectivity index (χ1) is 7.99. The van der Waals surface area contributed by atoms with Crippen LogP contribution in [0.15, 0.2) is 34.2 Å². The van der Waals surface area contributed by atoms with Crippen molar-refractivity contribution >= 4 is 38.6 Å². The van der Waals surface area contributed by atoms with Crippen LogP contribution in [0.2, 0.25) is 0 Å². The third-order valence-electron chi connectivity index (χ3n) is 2.43. The zero-order chi connectivity index (χ0) is 12.5. The highest BCUT2D eigenvalue weighted by atomic mass is 79.9. The standard InChI is InChI=1S/C12H14BrN3S/c1-12(2,11-15-5-6-17-11)16-10-7-8(13)3-4-9(10)14/h3-7,16H,14H2,1-2H3. The third kappa shape index (κ3) is 2.79. The van der Waals surface area contributed by atoms with Gasteiger partial charge in [0.1, 0.15) is 5.01 Å². The minimum Gasteiger partial charge on any atom is -0.397 e. The number of nitrogens with one attached hydrogen (secondary N) is 1. The summed E-state index contributed by atoms with van der Waals surface area (Å²) in [5.41, 5.74) is 7.37. The predicted octanol–water partition coefficient (Wildman–Crippen LogP) is 3.84. The van der Waals surface area contributed by atoms with Crippen molar-refractivity contribution in [2.75, 3.05) is 11.1 Å². The fourth-order valence-electron chi connectivity index (χ4n) is 1.56. The van der Waals surface area contributed by atoms with Crippen molar-refractivity contribution in [3.8, 4) is 0 Å². The first kappa shape index (κ1) is 12.4. The second-order valence-corrected chi connectivity index (χ2v) is 6.13. The first-order valence-corrected chi connectivity index (χ1v) is 6.89. The molecule has 0 fully saturated rings. The largest absolute Gasteiger partial charge is 0.397 e. The zero-order valence-electron chi connectivity index (χ0n) is 9.70. The molecule has 17 heavy (non-hydrogen) atoms. The molecule has 0 amide bonds. The number of halogens is 1. The van der Waals surface area contributed by atoms with Crippen molar-refractivity contribution in [2.24, 2.45) is 0 Å². The van der Waals surface area contributed by atoms with E-state index in [-0.39, 0.29) is 5.54 Å². The minimum atomic E-state index is -0.233. The average molecular weight is 312 g/mol. The Bertz CT molecular complexity index is 508. The Balaban J connectivity index is 2.29. The summed E-state index contributed by atoms with van der Waals surface area (Å²) in [6.45, 7) is 4.18. The number of benzene rings is 1. The molecule has 0 radical (unpaired) electrons. The number of nitrogens with two attached hydrogens (primary N) is 1. The fourth-order valence-corrected chi connectivity index (χ4v) is 2.64. The van der Waals surface area contributed by atoms with Gasteiger partial charge in [-0.2, -0.15) is 0 Å². The molecule has 2 rings (SSSR count). The lowest BCUT2D eigenvalue weighted by atomic mass is 10.1. The van der Waals surface area contributed by atoms with Crippen LogP contribution in [0.3, 0.4) is 0 Å². The Labute approximate surface area is 113 Å². The molecule has 0 aliphatic carbocycles. The van der Waals surface area contributed by atoms with Gasteiger partial charge in [-0.3, -0.25) is 0 Å². The van der Waals surface area contributed by atoms with E-state index in [9.17, 15) is 0 Å². The topological polar surface area (TPSA) is 50.9 Å². The number of nitrogen functional groups attached to an aromatic ring is 1. The number of anilines is 2. The molecule has 0 bridgehead atoms. The van der Waals surface area contributed by atoms with Crippen molar-refractivity contribution in [1.29, 1.82) is 0 Å². The maximum absolute atomic E-state index is 5.95. The summed E-state index contributed by atoms with van der Waals surface area (Å²) in [6.07, 6.45) is 1.81. The van der Waals surface area contributed by atoms with E-state index in [1.54, 1.807) is 11.3 Å². The average Bonchev–Trinajstić information content (AvgIpc) is 2.77. The molecule has 2 aromatic rings. The van der Waals surface area contributed by atoms with Gasteiger partial charge in [-0.25, -0.2) is 4.98 Å².